The monoisotopic (exact) mass is 279 g/mol. The third-order valence-corrected chi connectivity index (χ3v) is 2.44. The largest absolute Gasteiger partial charge is 0.486 e. The highest BCUT2D eigenvalue weighted by Crippen LogP contribution is 2.29. The molecule has 0 aromatic heterocycles. The van der Waals surface area contributed by atoms with Crippen LogP contribution in [-0.2, 0) is 6.42 Å². The fourth-order valence-electron chi connectivity index (χ4n) is 1.21. The number of nitrogens with two attached hydrogens (primary N) is 1. The van der Waals surface area contributed by atoms with E-state index < -0.39 is 13.0 Å². The van der Waals surface area contributed by atoms with Crippen molar-refractivity contribution in [1.29, 1.82) is 0 Å². The van der Waals surface area contributed by atoms with Gasteiger partial charge in [0, 0.05) is 0 Å². The Balaban J connectivity index is 2.81. The van der Waals surface area contributed by atoms with Gasteiger partial charge in [0.2, 0.25) is 0 Å². The molecule has 1 aromatic rings. The minimum Gasteiger partial charge on any atom is -0.486 e. The highest BCUT2D eigenvalue weighted by atomic mass is 79.9. The maximum Gasteiger partial charge on any atom is 0.272 e. The first-order chi connectivity index (χ1) is 7.15. The van der Waals surface area contributed by atoms with Crippen LogP contribution in [0.3, 0.4) is 0 Å². The van der Waals surface area contributed by atoms with Crippen LogP contribution in [0.15, 0.2) is 22.7 Å². The summed E-state index contributed by atoms with van der Waals surface area (Å²) >= 11 is 3.26. The molecule has 1 rings (SSSR count). The van der Waals surface area contributed by atoms with Crippen molar-refractivity contribution in [2.45, 2.75) is 12.8 Å². The number of halogens is 3. The summed E-state index contributed by atoms with van der Waals surface area (Å²) in [7, 11) is 0. The summed E-state index contributed by atoms with van der Waals surface area (Å²) in [4.78, 5) is 0. The van der Waals surface area contributed by atoms with E-state index in [-0.39, 0.29) is 0 Å². The molecule has 0 heterocycles. The van der Waals surface area contributed by atoms with Gasteiger partial charge in [-0.15, -0.1) is 0 Å². The summed E-state index contributed by atoms with van der Waals surface area (Å²) in [5.41, 5.74) is 6.26. The first-order valence-corrected chi connectivity index (χ1v) is 5.33. The van der Waals surface area contributed by atoms with Gasteiger partial charge >= 0.3 is 0 Å². The van der Waals surface area contributed by atoms with Gasteiger partial charge in [0.1, 0.15) is 12.4 Å². The Morgan fingerprint density at radius 3 is 2.73 bits per heavy atom. The van der Waals surface area contributed by atoms with Crippen molar-refractivity contribution in [3.63, 3.8) is 0 Å². The molecule has 0 aliphatic heterocycles. The average Bonchev–Trinajstić information content (AvgIpc) is 2.17. The molecule has 0 unspecified atom stereocenters. The molecule has 0 bridgehead atoms. The second-order valence-electron chi connectivity index (χ2n) is 2.97. The lowest BCUT2D eigenvalue weighted by atomic mass is 10.1. The van der Waals surface area contributed by atoms with E-state index in [4.69, 9.17) is 10.5 Å². The van der Waals surface area contributed by atoms with Crippen molar-refractivity contribution in [2.24, 2.45) is 5.73 Å². The second kappa shape index (κ2) is 6.02. The summed E-state index contributed by atoms with van der Waals surface area (Å²) in [5, 5.41) is 0. The molecule has 0 aliphatic rings. The quantitative estimate of drug-likeness (QED) is 0.899. The topological polar surface area (TPSA) is 35.2 Å². The minimum absolute atomic E-state index is 0.460. The zero-order valence-corrected chi connectivity index (χ0v) is 9.64. The molecule has 0 saturated heterocycles. The normalized spacial score (nSPS) is 10.7. The second-order valence-corrected chi connectivity index (χ2v) is 3.82. The molecule has 0 aliphatic carbocycles. The van der Waals surface area contributed by atoms with E-state index in [9.17, 15) is 8.78 Å². The lowest BCUT2D eigenvalue weighted by Gasteiger charge is -2.12. The van der Waals surface area contributed by atoms with Crippen molar-refractivity contribution < 1.29 is 13.5 Å². The smallest absolute Gasteiger partial charge is 0.272 e. The van der Waals surface area contributed by atoms with Gasteiger partial charge in [-0.3, -0.25) is 0 Å². The van der Waals surface area contributed by atoms with Crippen LogP contribution in [0.2, 0.25) is 0 Å². The first kappa shape index (κ1) is 12.4. The van der Waals surface area contributed by atoms with Crippen LogP contribution < -0.4 is 10.5 Å². The molecule has 5 heteroatoms. The third-order valence-electron chi connectivity index (χ3n) is 1.82. The Morgan fingerprint density at radius 1 is 1.40 bits per heavy atom. The third kappa shape index (κ3) is 3.76. The number of hydrogen-bond donors (Lipinski definition) is 1. The average molecular weight is 280 g/mol. The van der Waals surface area contributed by atoms with Crippen LogP contribution in [0.5, 0.6) is 5.75 Å². The zero-order valence-electron chi connectivity index (χ0n) is 8.05. The Hall–Kier alpha value is -0.680. The number of hydrogen-bond acceptors (Lipinski definition) is 2. The number of rotatable bonds is 5. The van der Waals surface area contributed by atoms with Crippen LogP contribution in [-0.4, -0.2) is 19.6 Å². The molecule has 15 heavy (non-hydrogen) atoms. The number of para-hydroxylation sites is 1. The fourth-order valence-corrected chi connectivity index (χ4v) is 1.74. The van der Waals surface area contributed by atoms with Crippen molar-refractivity contribution in [2.75, 3.05) is 13.2 Å². The summed E-state index contributed by atoms with van der Waals surface area (Å²) in [6.45, 7) is -0.137. The van der Waals surface area contributed by atoms with Crippen molar-refractivity contribution in [3.8, 4) is 5.75 Å². The van der Waals surface area contributed by atoms with E-state index in [1.54, 1.807) is 6.07 Å². The van der Waals surface area contributed by atoms with Gasteiger partial charge in [-0.1, -0.05) is 12.1 Å². The van der Waals surface area contributed by atoms with Crippen molar-refractivity contribution >= 4 is 15.9 Å². The highest BCUT2D eigenvalue weighted by Gasteiger charge is 2.10. The molecule has 0 fully saturated rings. The summed E-state index contributed by atoms with van der Waals surface area (Å²) in [5.74, 6) is 0.461. The van der Waals surface area contributed by atoms with Gasteiger partial charge in [0.05, 0.1) is 4.47 Å². The molecule has 0 spiro atoms. The SMILES string of the molecule is NCCc1cccc(Br)c1OCC(F)F. The van der Waals surface area contributed by atoms with Gasteiger partial charge in [-0.25, -0.2) is 8.78 Å². The Morgan fingerprint density at radius 2 is 2.13 bits per heavy atom. The Labute approximate surface area is 95.5 Å². The van der Waals surface area contributed by atoms with E-state index in [1.807, 2.05) is 12.1 Å². The molecule has 2 N–H and O–H groups in total. The van der Waals surface area contributed by atoms with Crippen LogP contribution in [0.4, 0.5) is 8.78 Å². The standard InChI is InChI=1S/C10H12BrF2NO/c11-8-3-1-2-7(4-5-14)10(8)15-6-9(12)13/h1-3,9H,4-6,14H2. The maximum absolute atomic E-state index is 12.0. The number of alkyl halides is 2. The predicted molar refractivity (Wildman–Crippen MR) is 58.4 cm³/mol. The zero-order chi connectivity index (χ0) is 11.3. The van der Waals surface area contributed by atoms with E-state index in [0.29, 0.717) is 23.2 Å². The Bertz CT molecular complexity index is 320. The molecule has 84 valence electrons. The molecule has 0 atom stereocenters. The summed E-state index contributed by atoms with van der Waals surface area (Å²) in [6.07, 6.45) is -1.86. The van der Waals surface area contributed by atoms with Gasteiger partial charge in [0.15, 0.2) is 0 Å². The Kier molecular flexibility index (Phi) is 4.98. The molecular weight excluding hydrogens is 268 g/mol. The molecule has 0 amide bonds. The van der Waals surface area contributed by atoms with E-state index >= 15 is 0 Å². The van der Waals surface area contributed by atoms with E-state index in [0.717, 1.165) is 5.56 Å². The molecule has 2 nitrogen and oxygen atoms in total. The van der Waals surface area contributed by atoms with Crippen LogP contribution in [0, 0.1) is 0 Å². The number of benzene rings is 1. The fraction of sp³-hybridized carbons (Fsp3) is 0.400. The highest BCUT2D eigenvalue weighted by molar-refractivity contribution is 9.10. The van der Waals surface area contributed by atoms with Gasteiger partial charge in [-0.05, 0) is 40.5 Å². The first-order valence-electron chi connectivity index (χ1n) is 4.53. The van der Waals surface area contributed by atoms with Crippen LogP contribution in [0.25, 0.3) is 0 Å². The lowest BCUT2D eigenvalue weighted by molar-refractivity contribution is 0.0810. The maximum atomic E-state index is 12.0. The summed E-state index contributed by atoms with van der Waals surface area (Å²) in [6, 6.07) is 5.39. The van der Waals surface area contributed by atoms with Crippen molar-refractivity contribution in [1.82, 2.24) is 0 Å². The number of ether oxygens (including phenoxy) is 1. The van der Waals surface area contributed by atoms with E-state index in [2.05, 4.69) is 15.9 Å². The van der Waals surface area contributed by atoms with Crippen LogP contribution >= 0.6 is 15.9 Å². The van der Waals surface area contributed by atoms with Crippen molar-refractivity contribution in [3.05, 3.63) is 28.2 Å². The van der Waals surface area contributed by atoms with Gasteiger partial charge in [-0.2, -0.15) is 0 Å². The molecule has 0 saturated carbocycles. The minimum atomic E-state index is -2.47. The van der Waals surface area contributed by atoms with Crippen LogP contribution in [0.1, 0.15) is 5.56 Å². The predicted octanol–water partition coefficient (Wildman–Crippen LogP) is 2.59. The lowest BCUT2D eigenvalue weighted by Crippen LogP contribution is -2.10. The van der Waals surface area contributed by atoms with E-state index in [1.165, 1.54) is 0 Å². The molecule has 0 radical (unpaired) electrons. The van der Waals surface area contributed by atoms with Gasteiger partial charge in [0.25, 0.3) is 6.43 Å². The molecular formula is C10H12BrF2NO. The molecule has 1 aromatic carbocycles. The summed E-state index contributed by atoms with van der Waals surface area (Å²) < 4.78 is 29.7. The van der Waals surface area contributed by atoms with Gasteiger partial charge < -0.3 is 10.5 Å².